The van der Waals surface area contributed by atoms with Gasteiger partial charge in [-0.1, -0.05) is 0 Å². The lowest BCUT2D eigenvalue weighted by Crippen LogP contribution is -3.28. The van der Waals surface area contributed by atoms with Crippen LogP contribution in [0, 0.1) is 0 Å². The number of nitrogens with one attached hydrogen (secondary N) is 2. The molecule has 0 radical (unpaired) electrons. The average molecular weight is 308 g/mol. The number of hydrogen-bond donors (Lipinski definition) is 3. The van der Waals surface area contributed by atoms with Gasteiger partial charge in [0.05, 0.1) is 20.8 Å². The van der Waals surface area contributed by atoms with Crippen LogP contribution in [-0.4, -0.2) is 53.5 Å². The van der Waals surface area contributed by atoms with E-state index < -0.39 is 0 Å². The van der Waals surface area contributed by atoms with Crippen LogP contribution in [0.15, 0.2) is 12.1 Å². The van der Waals surface area contributed by atoms with E-state index >= 15 is 0 Å². The Balaban J connectivity index is 1.84. The number of methoxy groups -OCH3 is 2. The van der Waals surface area contributed by atoms with Gasteiger partial charge in [0.25, 0.3) is 0 Å². The molecule has 22 heavy (non-hydrogen) atoms. The van der Waals surface area contributed by atoms with Gasteiger partial charge in [-0.05, 0) is 19.1 Å². The Morgan fingerprint density at radius 2 is 1.77 bits per heavy atom. The Bertz CT molecular complexity index is 513. The lowest BCUT2D eigenvalue weighted by Gasteiger charge is -2.36. The molecule has 1 aromatic rings. The molecule has 0 aromatic heterocycles. The molecule has 4 N–H and O–H groups in total. The number of ether oxygens (including phenoxy) is 2. The zero-order chi connectivity index (χ0) is 15.5. The Labute approximate surface area is 133 Å². The lowest BCUT2D eigenvalue weighted by molar-refractivity contribution is -1.03. The summed E-state index contributed by atoms with van der Waals surface area (Å²) in [5.41, 5.74) is 2.88. The SMILES string of the molecule is CC[NH+]1CC[NH+]([C@@H]2C[NH2+]Cc3cc(OC)c(OC)cc32)CC1. The van der Waals surface area contributed by atoms with Crippen molar-refractivity contribution in [2.45, 2.75) is 19.5 Å². The van der Waals surface area contributed by atoms with Gasteiger partial charge in [-0.2, -0.15) is 0 Å². The van der Waals surface area contributed by atoms with Crippen molar-refractivity contribution in [1.29, 1.82) is 0 Å². The molecule has 3 rings (SSSR count). The molecule has 1 fully saturated rings. The third-order valence-electron chi connectivity index (χ3n) is 5.38. The maximum absolute atomic E-state index is 5.52. The molecule has 1 saturated heterocycles. The Kier molecular flexibility index (Phi) is 4.86. The lowest BCUT2D eigenvalue weighted by atomic mass is 9.94. The van der Waals surface area contributed by atoms with Gasteiger partial charge in [0.2, 0.25) is 0 Å². The van der Waals surface area contributed by atoms with Gasteiger partial charge >= 0.3 is 0 Å². The molecule has 0 unspecified atom stereocenters. The molecule has 2 aliphatic rings. The summed E-state index contributed by atoms with van der Waals surface area (Å²) in [4.78, 5) is 3.48. The van der Waals surface area contributed by atoms with Gasteiger partial charge in [-0.3, -0.25) is 0 Å². The number of rotatable bonds is 4. The first kappa shape index (κ1) is 15.6. The normalized spacial score (nSPS) is 28.0. The maximum Gasteiger partial charge on any atom is 0.164 e. The highest BCUT2D eigenvalue weighted by molar-refractivity contribution is 5.48. The molecule has 1 aromatic carbocycles. The number of likely N-dealkylation sites (N-methyl/N-ethyl adjacent to an activating group) is 1. The quantitative estimate of drug-likeness (QED) is 0.582. The Hall–Kier alpha value is -1.30. The molecule has 5 nitrogen and oxygen atoms in total. The van der Waals surface area contributed by atoms with Gasteiger partial charge in [-0.25, -0.2) is 0 Å². The summed E-state index contributed by atoms with van der Waals surface area (Å²) < 4.78 is 11.0. The smallest absolute Gasteiger partial charge is 0.164 e. The highest BCUT2D eigenvalue weighted by Gasteiger charge is 2.35. The van der Waals surface area contributed by atoms with Gasteiger partial charge in [0.1, 0.15) is 39.3 Å². The average Bonchev–Trinajstić information content (AvgIpc) is 2.60. The molecule has 5 heteroatoms. The van der Waals surface area contributed by atoms with Crippen molar-refractivity contribution >= 4 is 0 Å². The second-order valence-corrected chi connectivity index (χ2v) is 6.45. The van der Waals surface area contributed by atoms with E-state index in [-0.39, 0.29) is 0 Å². The summed E-state index contributed by atoms with van der Waals surface area (Å²) in [5.74, 6) is 1.72. The molecule has 122 valence electrons. The summed E-state index contributed by atoms with van der Waals surface area (Å²) in [7, 11) is 3.44. The highest BCUT2D eigenvalue weighted by Crippen LogP contribution is 2.33. The largest absolute Gasteiger partial charge is 0.493 e. The van der Waals surface area contributed by atoms with Crippen molar-refractivity contribution in [3.05, 3.63) is 23.3 Å². The van der Waals surface area contributed by atoms with Crippen molar-refractivity contribution in [2.24, 2.45) is 0 Å². The van der Waals surface area contributed by atoms with E-state index in [9.17, 15) is 0 Å². The fourth-order valence-corrected chi connectivity index (χ4v) is 3.98. The van der Waals surface area contributed by atoms with Crippen LogP contribution < -0.4 is 24.6 Å². The van der Waals surface area contributed by atoms with E-state index in [0.717, 1.165) is 18.0 Å². The number of quaternary nitrogens is 3. The van der Waals surface area contributed by atoms with Crippen molar-refractivity contribution in [2.75, 3.05) is 53.5 Å². The summed E-state index contributed by atoms with van der Waals surface area (Å²) in [6.45, 7) is 10.9. The molecule has 2 heterocycles. The van der Waals surface area contributed by atoms with Crippen LogP contribution >= 0.6 is 0 Å². The van der Waals surface area contributed by atoms with E-state index in [1.807, 2.05) is 0 Å². The standard InChI is InChI=1S/C17H27N3O2/c1-4-19-5-7-20(8-6-19)15-12-18-11-13-9-16(21-2)17(22-3)10-14(13)15/h9-10,15,18H,4-8,11-12H2,1-3H3/p+3/t15-/m1/s1. The minimum Gasteiger partial charge on any atom is -0.493 e. The second-order valence-electron chi connectivity index (χ2n) is 6.45. The number of fused-ring (bicyclic) bond motifs is 1. The second kappa shape index (κ2) is 6.86. The first-order chi connectivity index (χ1) is 10.8. The molecular weight excluding hydrogens is 278 g/mol. The van der Waals surface area contributed by atoms with Crippen LogP contribution in [0.1, 0.15) is 24.1 Å². The number of piperazine rings is 1. The molecule has 0 amide bonds. The molecule has 1 atom stereocenters. The van der Waals surface area contributed by atoms with E-state index in [2.05, 4.69) is 24.4 Å². The number of hydrogen-bond acceptors (Lipinski definition) is 2. The van der Waals surface area contributed by atoms with Crippen molar-refractivity contribution in [1.82, 2.24) is 0 Å². The number of benzene rings is 1. The van der Waals surface area contributed by atoms with Gasteiger partial charge in [0, 0.05) is 11.1 Å². The van der Waals surface area contributed by atoms with Crippen LogP contribution in [0.4, 0.5) is 0 Å². The molecule has 2 aliphatic heterocycles. The molecule has 0 spiro atoms. The van der Waals surface area contributed by atoms with Gasteiger partial charge in [-0.15, -0.1) is 0 Å². The van der Waals surface area contributed by atoms with Crippen molar-refractivity contribution in [3.63, 3.8) is 0 Å². The minimum absolute atomic E-state index is 0.585. The van der Waals surface area contributed by atoms with Crippen LogP contribution in [0.5, 0.6) is 11.5 Å². The van der Waals surface area contributed by atoms with Gasteiger partial charge in [0.15, 0.2) is 17.5 Å². The highest BCUT2D eigenvalue weighted by atomic mass is 16.5. The van der Waals surface area contributed by atoms with E-state index in [1.165, 1.54) is 50.4 Å². The fourth-order valence-electron chi connectivity index (χ4n) is 3.98. The molecule has 0 aliphatic carbocycles. The van der Waals surface area contributed by atoms with Crippen LogP contribution in [-0.2, 0) is 6.54 Å². The zero-order valence-corrected chi connectivity index (χ0v) is 14.1. The molecule has 0 saturated carbocycles. The maximum atomic E-state index is 5.52. The van der Waals surface area contributed by atoms with E-state index in [4.69, 9.17) is 9.47 Å². The summed E-state index contributed by atoms with van der Waals surface area (Å²) in [5, 5.41) is 2.44. The van der Waals surface area contributed by atoms with Crippen LogP contribution in [0.25, 0.3) is 0 Å². The third-order valence-corrected chi connectivity index (χ3v) is 5.38. The zero-order valence-electron chi connectivity index (χ0n) is 14.1. The fraction of sp³-hybridized carbons (Fsp3) is 0.647. The van der Waals surface area contributed by atoms with Crippen LogP contribution in [0.2, 0.25) is 0 Å². The summed E-state index contributed by atoms with van der Waals surface area (Å²) in [6.07, 6.45) is 0. The Morgan fingerprint density at radius 3 is 2.41 bits per heavy atom. The van der Waals surface area contributed by atoms with Crippen LogP contribution in [0.3, 0.4) is 0 Å². The number of nitrogens with two attached hydrogens (primary N) is 1. The summed E-state index contributed by atoms with van der Waals surface area (Å²) in [6, 6.07) is 4.98. The summed E-state index contributed by atoms with van der Waals surface area (Å²) >= 11 is 0. The third kappa shape index (κ3) is 2.93. The van der Waals surface area contributed by atoms with E-state index in [0.29, 0.717) is 6.04 Å². The van der Waals surface area contributed by atoms with E-state index in [1.54, 1.807) is 24.0 Å². The first-order valence-corrected chi connectivity index (χ1v) is 8.51. The van der Waals surface area contributed by atoms with Gasteiger partial charge < -0.3 is 24.6 Å². The molecule has 0 bridgehead atoms. The predicted molar refractivity (Wildman–Crippen MR) is 84.7 cm³/mol. The van der Waals surface area contributed by atoms with Crippen molar-refractivity contribution < 1.29 is 24.6 Å². The first-order valence-electron chi connectivity index (χ1n) is 8.51. The van der Waals surface area contributed by atoms with Crippen molar-refractivity contribution in [3.8, 4) is 11.5 Å². The Morgan fingerprint density at radius 1 is 1.09 bits per heavy atom. The monoisotopic (exact) mass is 308 g/mol. The topological polar surface area (TPSA) is 44.0 Å². The minimum atomic E-state index is 0.585. The molecular formula is C17H30N3O2+3. The predicted octanol–water partition coefficient (Wildman–Crippen LogP) is -2.37.